The van der Waals surface area contributed by atoms with Crippen LogP contribution in [0, 0.1) is 0 Å². The highest BCUT2D eigenvalue weighted by atomic mass is 31.2. The van der Waals surface area contributed by atoms with Crippen LogP contribution in [0.2, 0.25) is 0 Å². The second-order valence-corrected chi connectivity index (χ2v) is 14.3. The summed E-state index contributed by atoms with van der Waals surface area (Å²) in [5.41, 5.74) is 9.09. The van der Waals surface area contributed by atoms with Crippen LogP contribution in [0.4, 0.5) is 11.4 Å². The molecule has 1 aromatic heterocycles. The van der Waals surface area contributed by atoms with Gasteiger partial charge in [-0.3, -0.25) is 13.9 Å². The monoisotopic (exact) mass is 639 g/mol. The summed E-state index contributed by atoms with van der Waals surface area (Å²) in [5, 5.41) is 0.701. The van der Waals surface area contributed by atoms with Crippen LogP contribution in [0.3, 0.4) is 0 Å². The molecule has 2 aliphatic rings. The van der Waals surface area contributed by atoms with E-state index in [4.69, 9.17) is 4.98 Å². The number of anilines is 2. The molecule has 1 aliphatic carbocycles. The van der Waals surface area contributed by atoms with Gasteiger partial charge in [0, 0.05) is 28.1 Å². The molecule has 0 fully saturated rings. The van der Waals surface area contributed by atoms with Crippen molar-refractivity contribution < 1.29 is 4.57 Å². The number of aromatic nitrogens is 1. The number of allylic oxidation sites excluding steroid dienone is 3. The molecule has 6 aromatic rings. The van der Waals surface area contributed by atoms with Gasteiger partial charge in [0.2, 0.25) is 0 Å². The lowest BCUT2D eigenvalue weighted by Crippen LogP contribution is -2.30. The van der Waals surface area contributed by atoms with Crippen LogP contribution in [0.15, 0.2) is 193 Å². The Bertz CT molecular complexity index is 2140. The largest absolute Gasteiger partial charge is 0.301 e. The number of hydrogen-bond acceptors (Lipinski definition) is 2. The van der Waals surface area contributed by atoms with Crippen LogP contribution in [0.25, 0.3) is 28.2 Å². The molecule has 0 bridgehead atoms. The Labute approximate surface area is 282 Å². The third kappa shape index (κ3) is 5.31. The molecule has 8 rings (SSSR count). The average Bonchev–Trinajstić information content (AvgIpc) is 3.46. The maximum Gasteiger partial charge on any atom is 0.301 e. The van der Waals surface area contributed by atoms with E-state index < -0.39 is 7.44 Å². The van der Waals surface area contributed by atoms with Gasteiger partial charge in [0.25, 0.3) is 0 Å². The highest BCUT2D eigenvalue weighted by Gasteiger charge is 2.51. The van der Waals surface area contributed by atoms with Gasteiger partial charge in [-0.05, 0) is 54.8 Å². The molecule has 1 aliphatic heterocycles. The molecular formula is C43H34N3OP. The van der Waals surface area contributed by atoms with Gasteiger partial charge in [-0.2, -0.15) is 0 Å². The van der Waals surface area contributed by atoms with Crippen LogP contribution in [-0.4, -0.2) is 4.98 Å². The zero-order chi connectivity index (χ0) is 32.3. The van der Waals surface area contributed by atoms with E-state index >= 15 is 4.57 Å². The Morgan fingerprint density at radius 1 is 0.500 bits per heavy atom. The number of benzene rings is 5. The van der Waals surface area contributed by atoms with Crippen molar-refractivity contribution in [2.75, 3.05) is 9.34 Å². The molecule has 1 unspecified atom stereocenters. The van der Waals surface area contributed by atoms with Gasteiger partial charge in [-0.1, -0.05) is 146 Å². The fourth-order valence-electron chi connectivity index (χ4n) is 6.60. The Kier molecular flexibility index (Phi) is 7.94. The van der Waals surface area contributed by atoms with E-state index in [9.17, 15) is 0 Å². The topological polar surface area (TPSA) is 36.4 Å². The first-order valence-corrected chi connectivity index (χ1v) is 17.9. The molecule has 232 valence electrons. The Hall–Kier alpha value is -5.70. The first-order valence-electron chi connectivity index (χ1n) is 16.3. The summed E-state index contributed by atoms with van der Waals surface area (Å²) in [6, 6.07) is 55.1. The highest BCUT2D eigenvalue weighted by molar-refractivity contribution is 7.75. The summed E-state index contributed by atoms with van der Waals surface area (Å²) in [7, 11) is -3.75. The molecule has 0 amide bonds. The summed E-state index contributed by atoms with van der Waals surface area (Å²) in [4.78, 5) is 5.16. The fraction of sp³-hybridized carbons (Fsp3) is 0.0465. The van der Waals surface area contributed by atoms with Crippen molar-refractivity contribution >= 4 is 29.8 Å². The van der Waals surface area contributed by atoms with Crippen molar-refractivity contribution in [1.29, 1.82) is 0 Å². The van der Waals surface area contributed by atoms with E-state index in [0.29, 0.717) is 5.30 Å². The minimum absolute atomic E-state index is 0.701. The lowest BCUT2D eigenvalue weighted by atomic mass is 9.99. The van der Waals surface area contributed by atoms with E-state index in [1.54, 1.807) is 0 Å². The molecular weight excluding hydrogens is 605 g/mol. The first-order chi connectivity index (χ1) is 23.7. The SMILES string of the molecule is O=P1(c2cc(-c3ccccc3)nc(-c3ccccc3)c2)N(c2ccccc2)C(C2=CCCC=C2)=C(c2ccccc2)N1c1ccccc1. The standard InChI is InChI=1S/C43H34N3OP/c47-48(39-31-40(33-19-7-1-8-20-33)44-41(32-39)34-21-9-2-10-22-34)45(37-27-15-5-16-28-37)42(35-23-11-3-12-24-35)43(36-25-13-4-14-26-36)46(48)38-29-17-6-18-30-38/h1-3,5-13,15-32H,4,14H2. The van der Waals surface area contributed by atoms with Gasteiger partial charge < -0.3 is 0 Å². The molecule has 4 nitrogen and oxygen atoms in total. The Balaban J connectivity index is 1.50. The van der Waals surface area contributed by atoms with Crippen LogP contribution < -0.4 is 14.6 Å². The van der Waals surface area contributed by atoms with Crippen molar-refractivity contribution in [3.63, 3.8) is 0 Å². The van der Waals surface area contributed by atoms with Crippen LogP contribution in [-0.2, 0) is 4.57 Å². The second kappa shape index (κ2) is 12.8. The van der Waals surface area contributed by atoms with Crippen LogP contribution in [0.5, 0.6) is 0 Å². The number of pyridine rings is 1. The van der Waals surface area contributed by atoms with E-state index in [-0.39, 0.29) is 0 Å². The maximum atomic E-state index is 17.0. The molecule has 0 N–H and O–H groups in total. The van der Waals surface area contributed by atoms with Gasteiger partial charge in [-0.15, -0.1) is 0 Å². The quantitative estimate of drug-likeness (QED) is 0.163. The third-order valence-electron chi connectivity index (χ3n) is 8.79. The average molecular weight is 640 g/mol. The lowest BCUT2D eigenvalue weighted by molar-refractivity contribution is 0.582. The molecule has 5 heteroatoms. The van der Waals surface area contributed by atoms with Crippen molar-refractivity contribution in [3.8, 4) is 22.5 Å². The summed E-state index contributed by atoms with van der Waals surface area (Å²) in [6.07, 6.45) is 8.59. The van der Waals surface area contributed by atoms with Gasteiger partial charge in [0.05, 0.1) is 28.1 Å². The molecule has 0 radical (unpaired) electrons. The summed E-state index contributed by atoms with van der Waals surface area (Å²) >= 11 is 0. The predicted molar refractivity (Wildman–Crippen MR) is 200 cm³/mol. The number of hydrogen-bond donors (Lipinski definition) is 0. The minimum Gasteiger partial charge on any atom is -0.269 e. The molecule has 2 heterocycles. The van der Waals surface area contributed by atoms with E-state index in [0.717, 1.165) is 69.3 Å². The second-order valence-electron chi connectivity index (χ2n) is 11.9. The summed E-state index contributed by atoms with van der Waals surface area (Å²) < 4.78 is 21.2. The first kappa shape index (κ1) is 29.7. The van der Waals surface area contributed by atoms with E-state index in [1.165, 1.54) is 0 Å². The van der Waals surface area contributed by atoms with Crippen molar-refractivity contribution in [1.82, 2.24) is 4.98 Å². The van der Waals surface area contributed by atoms with Gasteiger partial charge in [0.1, 0.15) is 0 Å². The summed E-state index contributed by atoms with van der Waals surface area (Å²) in [6.45, 7) is 0. The van der Waals surface area contributed by atoms with E-state index in [1.807, 2.05) is 91.0 Å². The number of para-hydroxylation sites is 2. The molecule has 48 heavy (non-hydrogen) atoms. The molecule has 1 atom stereocenters. The fourth-order valence-corrected chi connectivity index (χ4v) is 9.68. The smallest absolute Gasteiger partial charge is 0.269 e. The lowest BCUT2D eigenvalue weighted by Gasteiger charge is -2.35. The third-order valence-corrected chi connectivity index (χ3v) is 11.7. The summed E-state index contributed by atoms with van der Waals surface area (Å²) in [5.74, 6) is 0. The molecule has 0 spiro atoms. The normalized spacial score (nSPS) is 17.5. The maximum absolute atomic E-state index is 17.0. The highest BCUT2D eigenvalue weighted by Crippen LogP contribution is 2.67. The van der Waals surface area contributed by atoms with Crippen molar-refractivity contribution in [2.24, 2.45) is 0 Å². The number of nitrogens with zero attached hydrogens (tertiary/aromatic N) is 3. The molecule has 5 aromatic carbocycles. The van der Waals surface area contributed by atoms with E-state index in [2.05, 4.69) is 100 Å². The Morgan fingerprint density at radius 3 is 1.40 bits per heavy atom. The zero-order valence-electron chi connectivity index (χ0n) is 26.4. The zero-order valence-corrected chi connectivity index (χ0v) is 27.3. The number of rotatable bonds is 7. The van der Waals surface area contributed by atoms with Crippen molar-refractivity contribution in [2.45, 2.75) is 12.8 Å². The molecule has 0 saturated carbocycles. The Morgan fingerprint density at radius 2 is 0.938 bits per heavy atom. The van der Waals surface area contributed by atoms with Crippen molar-refractivity contribution in [3.05, 3.63) is 199 Å². The predicted octanol–water partition coefficient (Wildman–Crippen LogP) is 10.9. The van der Waals surface area contributed by atoms with Gasteiger partial charge >= 0.3 is 7.44 Å². The molecule has 0 saturated heterocycles. The van der Waals surface area contributed by atoms with Gasteiger partial charge in [0.15, 0.2) is 0 Å². The van der Waals surface area contributed by atoms with Gasteiger partial charge in [-0.25, -0.2) is 4.98 Å². The van der Waals surface area contributed by atoms with Crippen LogP contribution in [0.1, 0.15) is 18.4 Å². The minimum atomic E-state index is -3.75. The van der Waals surface area contributed by atoms with Crippen LogP contribution >= 0.6 is 7.44 Å².